The van der Waals surface area contributed by atoms with Crippen LogP contribution in [-0.4, -0.2) is 28.1 Å². The van der Waals surface area contributed by atoms with Crippen LogP contribution in [0.2, 0.25) is 0 Å². The SMILES string of the molecule is CC(C)(C)C(=O)Nc1ncc(C=O)c(NC(=O)C(C)(C)C)n1. The molecule has 1 aromatic heterocycles. The van der Waals surface area contributed by atoms with Crippen molar-refractivity contribution in [2.24, 2.45) is 10.8 Å². The number of nitrogens with one attached hydrogen (secondary N) is 2. The zero-order valence-corrected chi connectivity index (χ0v) is 13.8. The molecule has 22 heavy (non-hydrogen) atoms. The molecule has 0 aromatic carbocycles. The van der Waals surface area contributed by atoms with Crippen LogP contribution in [0, 0.1) is 10.8 Å². The summed E-state index contributed by atoms with van der Waals surface area (Å²) in [6.45, 7) is 10.5. The molecule has 2 N–H and O–H groups in total. The van der Waals surface area contributed by atoms with Crippen LogP contribution in [0.1, 0.15) is 51.9 Å². The van der Waals surface area contributed by atoms with Crippen LogP contribution in [0.25, 0.3) is 0 Å². The number of aromatic nitrogens is 2. The van der Waals surface area contributed by atoms with Crippen molar-refractivity contribution in [1.82, 2.24) is 9.97 Å². The molecule has 0 aliphatic carbocycles. The number of rotatable bonds is 3. The number of anilines is 2. The number of aldehydes is 1. The van der Waals surface area contributed by atoms with E-state index in [1.807, 2.05) is 0 Å². The second-order valence-electron chi connectivity index (χ2n) is 7.02. The van der Waals surface area contributed by atoms with Crippen molar-refractivity contribution < 1.29 is 14.4 Å². The minimum absolute atomic E-state index is 0.0368. The lowest BCUT2D eigenvalue weighted by Crippen LogP contribution is -2.30. The smallest absolute Gasteiger partial charge is 0.232 e. The third kappa shape index (κ3) is 4.61. The third-order valence-electron chi connectivity index (χ3n) is 2.76. The summed E-state index contributed by atoms with van der Waals surface area (Å²) in [6, 6.07) is 0. The van der Waals surface area contributed by atoms with Gasteiger partial charge in [-0.15, -0.1) is 0 Å². The molecule has 0 atom stereocenters. The van der Waals surface area contributed by atoms with Crippen molar-refractivity contribution in [3.8, 4) is 0 Å². The van der Waals surface area contributed by atoms with Crippen LogP contribution in [0.4, 0.5) is 11.8 Å². The molecule has 1 heterocycles. The van der Waals surface area contributed by atoms with Gasteiger partial charge in [0.1, 0.15) is 5.82 Å². The van der Waals surface area contributed by atoms with Crippen LogP contribution in [-0.2, 0) is 9.59 Å². The summed E-state index contributed by atoms with van der Waals surface area (Å²) in [7, 11) is 0. The molecule has 1 rings (SSSR count). The van der Waals surface area contributed by atoms with Crippen LogP contribution in [0.5, 0.6) is 0 Å². The Morgan fingerprint density at radius 1 is 1.00 bits per heavy atom. The lowest BCUT2D eigenvalue weighted by atomic mass is 9.96. The molecule has 0 saturated heterocycles. The van der Waals surface area contributed by atoms with Gasteiger partial charge in [-0.05, 0) is 0 Å². The van der Waals surface area contributed by atoms with E-state index in [9.17, 15) is 14.4 Å². The van der Waals surface area contributed by atoms with Crippen molar-refractivity contribution in [2.45, 2.75) is 41.5 Å². The molecule has 0 fully saturated rings. The minimum atomic E-state index is -0.639. The van der Waals surface area contributed by atoms with E-state index in [0.717, 1.165) is 0 Å². The summed E-state index contributed by atoms with van der Waals surface area (Å²) < 4.78 is 0. The molecule has 7 heteroatoms. The van der Waals surface area contributed by atoms with Gasteiger partial charge < -0.3 is 5.32 Å². The predicted octanol–water partition coefficient (Wildman–Crippen LogP) is 2.26. The average molecular weight is 306 g/mol. The quantitative estimate of drug-likeness (QED) is 0.834. The zero-order valence-electron chi connectivity index (χ0n) is 13.8. The Morgan fingerprint density at radius 2 is 1.50 bits per heavy atom. The predicted molar refractivity (Wildman–Crippen MR) is 83.6 cm³/mol. The Bertz CT molecular complexity index is 598. The minimum Gasteiger partial charge on any atom is -0.309 e. The Hall–Kier alpha value is -2.31. The van der Waals surface area contributed by atoms with Gasteiger partial charge in [0.25, 0.3) is 0 Å². The van der Waals surface area contributed by atoms with E-state index < -0.39 is 10.8 Å². The summed E-state index contributed by atoms with van der Waals surface area (Å²) in [5.41, 5.74) is -1.10. The molecule has 0 bridgehead atoms. The van der Waals surface area contributed by atoms with Gasteiger partial charge >= 0.3 is 0 Å². The van der Waals surface area contributed by atoms with Crippen molar-refractivity contribution in [2.75, 3.05) is 10.6 Å². The largest absolute Gasteiger partial charge is 0.309 e. The fourth-order valence-electron chi connectivity index (χ4n) is 1.22. The molecule has 2 amide bonds. The molecule has 0 aliphatic rings. The van der Waals surface area contributed by atoms with E-state index in [2.05, 4.69) is 20.6 Å². The molecule has 7 nitrogen and oxygen atoms in total. The summed E-state index contributed by atoms with van der Waals surface area (Å²) in [5, 5.41) is 5.14. The molecule has 120 valence electrons. The van der Waals surface area contributed by atoms with E-state index in [4.69, 9.17) is 0 Å². The van der Waals surface area contributed by atoms with Crippen molar-refractivity contribution in [1.29, 1.82) is 0 Å². The zero-order chi connectivity index (χ0) is 17.1. The fourth-order valence-corrected chi connectivity index (χ4v) is 1.22. The second kappa shape index (κ2) is 6.21. The highest BCUT2D eigenvalue weighted by atomic mass is 16.2. The van der Waals surface area contributed by atoms with E-state index in [-0.39, 0.29) is 29.1 Å². The van der Waals surface area contributed by atoms with E-state index >= 15 is 0 Å². The van der Waals surface area contributed by atoms with Gasteiger partial charge in [0.15, 0.2) is 6.29 Å². The number of carbonyl (C=O) groups excluding carboxylic acids is 3. The Labute approximate surface area is 129 Å². The lowest BCUT2D eigenvalue weighted by molar-refractivity contribution is -0.123. The Kier molecular flexibility index (Phi) is 5.01. The van der Waals surface area contributed by atoms with Crippen molar-refractivity contribution in [3.05, 3.63) is 11.8 Å². The number of hydrogen-bond acceptors (Lipinski definition) is 5. The highest BCUT2D eigenvalue weighted by Crippen LogP contribution is 2.20. The standard InChI is InChI=1S/C15H22N4O3/c1-14(2,3)11(21)17-10-9(8-20)7-16-13(18-10)19-12(22)15(4,5)6/h7-8H,1-6H3,(H2,16,17,18,19,21,22). The monoisotopic (exact) mass is 306 g/mol. The first-order valence-corrected chi connectivity index (χ1v) is 6.90. The number of nitrogens with zero attached hydrogens (tertiary/aromatic N) is 2. The van der Waals surface area contributed by atoms with E-state index in [0.29, 0.717) is 6.29 Å². The Morgan fingerprint density at radius 3 is 1.95 bits per heavy atom. The summed E-state index contributed by atoms with van der Waals surface area (Å²) >= 11 is 0. The first-order valence-electron chi connectivity index (χ1n) is 6.90. The second-order valence-corrected chi connectivity index (χ2v) is 7.02. The molecular formula is C15H22N4O3. The maximum atomic E-state index is 12.0. The molecule has 1 aromatic rings. The van der Waals surface area contributed by atoms with Crippen LogP contribution >= 0.6 is 0 Å². The van der Waals surface area contributed by atoms with Gasteiger partial charge in [-0.25, -0.2) is 4.98 Å². The topological polar surface area (TPSA) is 101 Å². The fraction of sp³-hybridized carbons (Fsp3) is 0.533. The van der Waals surface area contributed by atoms with E-state index in [1.165, 1.54) is 6.20 Å². The van der Waals surface area contributed by atoms with Gasteiger partial charge in [-0.1, -0.05) is 41.5 Å². The van der Waals surface area contributed by atoms with Gasteiger partial charge in [0.05, 0.1) is 5.56 Å². The third-order valence-corrected chi connectivity index (χ3v) is 2.76. The van der Waals surface area contributed by atoms with Gasteiger partial charge in [-0.3, -0.25) is 19.7 Å². The van der Waals surface area contributed by atoms with Gasteiger partial charge in [-0.2, -0.15) is 4.98 Å². The van der Waals surface area contributed by atoms with Gasteiger partial charge in [0, 0.05) is 17.0 Å². The van der Waals surface area contributed by atoms with Gasteiger partial charge in [0.2, 0.25) is 17.8 Å². The highest BCUT2D eigenvalue weighted by Gasteiger charge is 2.24. The van der Waals surface area contributed by atoms with Crippen LogP contribution < -0.4 is 10.6 Å². The van der Waals surface area contributed by atoms with Crippen molar-refractivity contribution in [3.63, 3.8) is 0 Å². The average Bonchev–Trinajstić information content (AvgIpc) is 2.36. The molecule has 0 saturated carbocycles. The summed E-state index contributed by atoms with van der Waals surface area (Å²) in [4.78, 5) is 42.9. The molecule has 0 spiro atoms. The normalized spacial score (nSPS) is 11.7. The maximum Gasteiger partial charge on any atom is 0.232 e. The molecular weight excluding hydrogens is 284 g/mol. The van der Waals surface area contributed by atoms with Crippen LogP contribution in [0.3, 0.4) is 0 Å². The lowest BCUT2D eigenvalue weighted by Gasteiger charge is -2.19. The first kappa shape index (κ1) is 17.7. The van der Waals surface area contributed by atoms with Crippen molar-refractivity contribution >= 4 is 29.9 Å². The molecule has 0 unspecified atom stereocenters. The van der Waals surface area contributed by atoms with Crippen LogP contribution in [0.15, 0.2) is 6.20 Å². The maximum absolute atomic E-state index is 12.0. The number of amides is 2. The first-order chi connectivity index (χ1) is 9.95. The number of carbonyl (C=O) groups is 3. The summed E-state index contributed by atoms with van der Waals surface area (Å²) in [5.74, 6) is -0.439. The molecule has 0 aliphatic heterocycles. The summed E-state index contributed by atoms with van der Waals surface area (Å²) in [6.07, 6.45) is 1.81. The number of hydrogen-bond donors (Lipinski definition) is 2. The van der Waals surface area contributed by atoms with E-state index in [1.54, 1.807) is 41.5 Å². The Balaban J connectivity index is 3.07. The molecule has 0 radical (unpaired) electrons. The highest BCUT2D eigenvalue weighted by molar-refractivity contribution is 5.98.